The number of benzene rings is 1. The summed E-state index contributed by atoms with van der Waals surface area (Å²) in [7, 11) is 0. The van der Waals surface area contributed by atoms with Gasteiger partial charge in [0.1, 0.15) is 5.75 Å². The third kappa shape index (κ3) is 1.58. The lowest BCUT2D eigenvalue weighted by Crippen LogP contribution is -2.20. The summed E-state index contributed by atoms with van der Waals surface area (Å²) in [5.41, 5.74) is 0.144. The van der Waals surface area contributed by atoms with Gasteiger partial charge in [0, 0.05) is 5.56 Å². The Morgan fingerprint density at radius 2 is 2.13 bits per heavy atom. The molecule has 0 amide bonds. The maximum absolute atomic E-state index is 11.2. The quantitative estimate of drug-likeness (QED) is 0.821. The summed E-state index contributed by atoms with van der Waals surface area (Å²) in [6, 6.07) is 7.42. The Labute approximate surface area is 88.7 Å². The van der Waals surface area contributed by atoms with E-state index < -0.39 is 11.4 Å². The van der Waals surface area contributed by atoms with Crippen molar-refractivity contribution in [3.05, 3.63) is 29.8 Å². The second-order valence-corrected chi connectivity index (χ2v) is 3.82. The van der Waals surface area contributed by atoms with Gasteiger partial charge in [0.05, 0.1) is 12.0 Å². The summed E-state index contributed by atoms with van der Waals surface area (Å²) in [5.74, 6) is -0.0328. The topological polar surface area (TPSA) is 46.5 Å². The van der Waals surface area contributed by atoms with Gasteiger partial charge >= 0.3 is 5.97 Å². The van der Waals surface area contributed by atoms with Gasteiger partial charge in [0.25, 0.3) is 0 Å². The molecule has 1 fully saturated rings. The van der Waals surface area contributed by atoms with E-state index in [1.54, 1.807) is 0 Å². The number of aliphatic carboxylic acids is 1. The van der Waals surface area contributed by atoms with Gasteiger partial charge in [-0.15, -0.1) is 0 Å². The lowest BCUT2D eigenvalue weighted by molar-refractivity contribution is -0.140. The van der Waals surface area contributed by atoms with Crippen LogP contribution < -0.4 is 4.74 Å². The maximum atomic E-state index is 11.2. The molecule has 0 heterocycles. The van der Waals surface area contributed by atoms with E-state index >= 15 is 0 Å². The molecule has 0 atom stereocenters. The lowest BCUT2D eigenvalue weighted by Gasteiger charge is -2.15. The third-order valence-corrected chi connectivity index (χ3v) is 2.86. The molecule has 0 aromatic heterocycles. The van der Waals surface area contributed by atoms with Gasteiger partial charge in [-0.3, -0.25) is 4.79 Å². The molecule has 1 aromatic carbocycles. The van der Waals surface area contributed by atoms with Crippen molar-refractivity contribution in [2.24, 2.45) is 0 Å². The highest BCUT2D eigenvalue weighted by Gasteiger charge is 2.53. The highest BCUT2D eigenvalue weighted by molar-refractivity contribution is 5.85. The Hall–Kier alpha value is -1.51. The minimum Gasteiger partial charge on any atom is -0.494 e. The molecule has 80 valence electrons. The van der Waals surface area contributed by atoms with Gasteiger partial charge in [-0.05, 0) is 25.8 Å². The zero-order chi connectivity index (χ0) is 10.9. The maximum Gasteiger partial charge on any atom is 0.314 e. The molecule has 1 N–H and O–H groups in total. The lowest BCUT2D eigenvalue weighted by atomic mass is 9.95. The zero-order valence-corrected chi connectivity index (χ0v) is 8.69. The molecule has 2 rings (SSSR count). The molecule has 15 heavy (non-hydrogen) atoms. The number of carboxylic acid groups (broad SMARTS) is 1. The van der Waals surface area contributed by atoms with Crippen LogP contribution in [0.25, 0.3) is 0 Å². The van der Waals surface area contributed by atoms with Crippen molar-refractivity contribution in [2.45, 2.75) is 25.2 Å². The highest BCUT2D eigenvalue weighted by atomic mass is 16.5. The fourth-order valence-electron chi connectivity index (χ4n) is 1.87. The Bertz CT molecular complexity index is 380. The molecular weight excluding hydrogens is 192 g/mol. The second-order valence-electron chi connectivity index (χ2n) is 3.82. The number of para-hydroxylation sites is 1. The van der Waals surface area contributed by atoms with Crippen LogP contribution in [0, 0.1) is 0 Å². The third-order valence-electron chi connectivity index (χ3n) is 2.86. The van der Waals surface area contributed by atoms with Crippen LogP contribution in [-0.4, -0.2) is 17.7 Å². The molecule has 1 aliphatic rings. The van der Waals surface area contributed by atoms with Crippen LogP contribution in [0.5, 0.6) is 5.75 Å². The monoisotopic (exact) mass is 206 g/mol. The number of ether oxygens (including phenoxy) is 1. The standard InChI is InChI=1S/C12H14O3/c1-2-15-10-6-4-3-5-9(10)12(7-8-12)11(13)14/h3-6H,2,7-8H2,1H3,(H,13,14). The minimum atomic E-state index is -0.741. The Kier molecular flexibility index (Phi) is 2.39. The van der Waals surface area contributed by atoms with E-state index in [0.29, 0.717) is 25.2 Å². The predicted molar refractivity (Wildman–Crippen MR) is 56.2 cm³/mol. The molecule has 0 unspecified atom stereocenters. The van der Waals surface area contributed by atoms with Crippen LogP contribution in [0.4, 0.5) is 0 Å². The molecule has 0 spiro atoms. The van der Waals surface area contributed by atoms with E-state index in [0.717, 1.165) is 5.56 Å². The number of hydrogen-bond acceptors (Lipinski definition) is 2. The number of carboxylic acids is 1. The van der Waals surface area contributed by atoms with Gasteiger partial charge in [0.15, 0.2) is 0 Å². The van der Waals surface area contributed by atoms with E-state index in [9.17, 15) is 9.90 Å². The molecule has 1 aliphatic carbocycles. The van der Waals surface area contributed by atoms with Crippen molar-refractivity contribution in [3.8, 4) is 5.75 Å². The van der Waals surface area contributed by atoms with Crippen molar-refractivity contribution in [2.75, 3.05) is 6.61 Å². The summed E-state index contributed by atoms with van der Waals surface area (Å²) >= 11 is 0. The summed E-state index contributed by atoms with van der Waals surface area (Å²) < 4.78 is 5.45. The molecule has 0 saturated heterocycles. The smallest absolute Gasteiger partial charge is 0.314 e. The summed E-state index contributed by atoms with van der Waals surface area (Å²) in [6.07, 6.45) is 1.43. The van der Waals surface area contributed by atoms with Crippen molar-refractivity contribution >= 4 is 5.97 Å². The largest absolute Gasteiger partial charge is 0.494 e. The molecule has 3 heteroatoms. The number of carbonyl (C=O) groups is 1. The van der Waals surface area contributed by atoms with Crippen LogP contribution in [0.3, 0.4) is 0 Å². The first-order valence-corrected chi connectivity index (χ1v) is 5.16. The summed E-state index contributed by atoms with van der Waals surface area (Å²) in [6.45, 7) is 2.46. The first-order chi connectivity index (χ1) is 7.20. The first kappa shape index (κ1) is 10.0. The van der Waals surface area contributed by atoms with Gasteiger partial charge in [-0.25, -0.2) is 0 Å². The van der Waals surface area contributed by atoms with Crippen LogP contribution in [0.1, 0.15) is 25.3 Å². The van der Waals surface area contributed by atoms with Crippen molar-refractivity contribution in [1.82, 2.24) is 0 Å². The van der Waals surface area contributed by atoms with Crippen molar-refractivity contribution in [1.29, 1.82) is 0 Å². The molecule has 1 aromatic rings. The molecule has 0 aliphatic heterocycles. The number of rotatable bonds is 4. The van der Waals surface area contributed by atoms with Crippen LogP contribution >= 0.6 is 0 Å². The molecule has 1 saturated carbocycles. The molecule has 3 nitrogen and oxygen atoms in total. The summed E-state index contributed by atoms with van der Waals surface area (Å²) in [4.78, 5) is 11.2. The SMILES string of the molecule is CCOc1ccccc1C1(C(=O)O)CC1. The average Bonchev–Trinajstić information content (AvgIpc) is 3.00. The second kappa shape index (κ2) is 3.57. The molecule has 0 radical (unpaired) electrons. The van der Waals surface area contributed by atoms with E-state index in [1.807, 2.05) is 31.2 Å². The van der Waals surface area contributed by atoms with E-state index in [4.69, 9.17) is 4.74 Å². The summed E-state index contributed by atoms with van der Waals surface area (Å²) in [5, 5.41) is 9.19. The minimum absolute atomic E-state index is 0.562. The molecule has 0 bridgehead atoms. The van der Waals surface area contributed by atoms with E-state index in [2.05, 4.69) is 0 Å². The van der Waals surface area contributed by atoms with Gasteiger partial charge in [-0.1, -0.05) is 18.2 Å². The van der Waals surface area contributed by atoms with Crippen molar-refractivity contribution in [3.63, 3.8) is 0 Å². The van der Waals surface area contributed by atoms with Crippen LogP contribution in [-0.2, 0) is 10.2 Å². The Morgan fingerprint density at radius 3 is 2.67 bits per heavy atom. The average molecular weight is 206 g/mol. The van der Waals surface area contributed by atoms with Crippen LogP contribution in [0.15, 0.2) is 24.3 Å². The van der Waals surface area contributed by atoms with Gasteiger partial charge < -0.3 is 9.84 Å². The first-order valence-electron chi connectivity index (χ1n) is 5.16. The van der Waals surface area contributed by atoms with E-state index in [1.165, 1.54) is 0 Å². The fraction of sp³-hybridized carbons (Fsp3) is 0.417. The Balaban J connectivity index is 2.39. The highest BCUT2D eigenvalue weighted by Crippen LogP contribution is 2.51. The van der Waals surface area contributed by atoms with Gasteiger partial charge in [-0.2, -0.15) is 0 Å². The predicted octanol–water partition coefficient (Wildman–Crippen LogP) is 2.20. The van der Waals surface area contributed by atoms with Crippen molar-refractivity contribution < 1.29 is 14.6 Å². The zero-order valence-electron chi connectivity index (χ0n) is 8.69. The van der Waals surface area contributed by atoms with Crippen LogP contribution in [0.2, 0.25) is 0 Å². The normalized spacial score (nSPS) is 17.1. The molecular formula is C12H14O3. The van der Waals surface area contributed by atoms with E-state index in [-0.39, 0.29) is 0 Å². The fourth-order valence-corrected chi connectivity index (χ4v) is 1.87. The number of hydrogen-bond donors (Lipinski definition) is 1. The Morgan fingerprint density at radius 1 is 1.47 bits per heavy atom. The van der Waals surface area contributed by atoms with Gasteiger partial charge in [0.2, 0.25) is 0 Å².